The van der Waals surface area contributed by atoms with Gasteiger partial charge < -0.3 is 10.2 Å². The molecular weight excluding hydrogens is 298 g/mol. The molecular formula is C16H11N3O4. The van der Waals surface area contributed by atoms with E-state index in [0.717, 1.165) is 11.5 Å². The molecule has 7 nitrogen and oxygen atoms in total. The molecule has 0 amide bonds. The van der Waals surface area contributed by atoms with Crippen molar-refractivity contribution >= 4 is 27.8 Å². The van der Waals surface area contributed by atoms with E-state index >= 15 is 0 Å². The van der Waals surface area contributed by atoms with Crippen LogP contribution in [0.1, 0.15) is 0 Å². The Bertz CT molecular complexity index is 938. The number of benzene rings is 3. The van der Waals surface area contributed by atoms with Gasteiger partial charge in [-0.25, -0.2) is 0 Å². The second-order valence-electron chi connectivity index (χ2n) is 4.82. The van der Waals surface area contributed by atoms with Crippen LogP contribution in [0.15, 0.2) is 64.8 Å². The second-order valence-corrected chi connectivity index (χ2v) is 4.82. The van der Waals surface area contributed by atoms with E-state index in [4.69, 9.17) is 0 Å². The minimum absolute atomic E-state index is 0.0536. The lowest BCUT2D eigenvalue weighted by Crippen LogP contribution is -1.86. The number of aromatic hydroxyl groups is 2. The molecule has 2 N–H and O–H groups in total. The fourth-order valence-corrected chi connectivity index (χ4v) is 2.20. The summed E-state index contributed by atoms with van der Waals surface area (Å²) in [6, 6.07) is 14.0. The zero-order chi connectivity index (χ0) is 16.4. The number of phenolic OH excluding ortho intramolecular Hbond substituents is 2. The van der Waals surface area contributed by atoms with Crippen LogP contribution in [0.4, 0.5) is 17.1 Å². The predicted molar refractivity (Wildman–Crippen MR) is 84.6 cm³/mol. The average molecular weight is 309 g/mol. The van der Waals surface area contributed by atoms with E-state index in [1.807, 2.05) is 12.1 Å². The molecule has 3 aromatic carbocycles. The number of nitro groups is 1. The van der Waals surface area contributed by atoms with Gasteiger partial charge in [-0.05, 0) is 11.5 Å². The van der Waals surface area contributed by atoms with Gasteiger partial charge in [0, 0.05) is 17.5 Å². The van der Waals surface area contributed by atoms with E-state index in [1.165, 1.54) is 18.2 Å². The molecule has 0 radical (unpaired) electrons. The molecule has 0 heterocycles. The van der Waals surface area contributed by atoms with Crippen molar-refractivity contribution in [2.24, 2.45) is 10.2 Å². The van der Waals surface area contributed by atoms with Crippen LogP contribution in [-0.2, 0) is 0 Å². The van der Waals surface area contributed by atoms with E-state index in [2.05, 4.69) is 10.2 Å². The van der Waals surface area contributed by atoms with Gasteiger partial charge in [0.05, 0.1) is 16.7 Å². The Morgan fingerprint density at radius 1 is 0.957 bits per heavy atom. The van der Waals surface area contributed by atoms with E-state index < -0.39 is 4.92 Å². The first-order chi connectivity index (χ1) is 11.0. The molecule has 114 valence electrons. The van der Waals surface area contributed by atoms with E-state index in [1.54, 1.807) is 18.2 Å². The first kappa shape index (κ1) is 14.5. The van der Waals surface area contributed by atoms with Crippen LogP contribution >= 0.6 is 0 Å². The molecule has 7 heteroatoms. The number of fused-ring (bicyclic) bond motifs is 1. The first-order valence-electron chi connectivity index (χ1n) is 6.65. The minimum Gasteiger partial charge on any atom is -0.508 e. The summed E-state index contributed by atoms with van der Waals surface area (Å²) in [5.74, 6) is -0.336. The lowest BCUT2D eigenvalue weighted by atomic mass is 10.1. The van der Waals surface area contributed by atoms with Crippen molar-refractivity contribution in [1.82, 2.24) is 0 Å². The zero-order valence-electron chi connectivity index (χ0n) is 11.7. The molecule has 23 heavy (non-hydrogen) atoms. The maximum atomic E-state index is 10.8. The SMILES string of the molecule is O=[N+]([O-])c1cc(O)cc(N=Nc2c(O)ccc3ccccc23)c1. The highest BCUT2D eigenvalue weighted by Crippen LogP contribution is 2.36. The highest BCUT2D eigenvalue weighted by atomic mass is 16.6. The molecule has 0 fully saturated rings. The molecule has 0 saturated carbocycles. The van der Waals surface area contributed by atoms with Gasteiger partial charge in [-0.1, -0.05) is 30.3 Å². The molecule has 0 spiro atoms. The third-order valence-electron chi connectivity index (χ3n) is 3.24. The standard InChI is InChI=1S/C16H11N3O4/c20-13-8-11(7-12(9-13)19(22)23)17-18-16-14-4-2-1-3-10(14)5-6-15(16)21/h1-9,20-21H. The Morgan fingerprint density at radius 3 is 2.52 bits per heavy atom. The number of nitrogens with zero attached hydrogens (tertiary/aromatic N) is 3. The molecule has 0 aliphatic rings. The fourth-order valence-electron chi connectivity index (χ4n) is 2.20. The van der Waals surface area contributed by atoms with E-state index in [0.29, 0.717) is 5.39 Å². The summed E-state index contributed by atoms with van der Waals surface area (Å²) >= 11 is 0. The van der Waals surface area contributed by atoms with E-state index in [-0.39, 0.29) is 28.6 Å². The number of hydrogen-bond acceptors (Lipinski definition) is 6. The third kappa shape index (κ3) is 2.93. The van der Waals surface area contributed by atoms with Crippen LogP contribution in [0.2, 0.25) is 0 Å². The molecule has 0 saturated heterocycles. The first-order valence-corrected chi connectivity index (χ1v) is 6.65. The summed E-state index contributed by atoms with van der Waals surface area (Å²) < 4.78 is 0. The number of azo groups is 1. The number of nitro benzene ring substituents is 1. The summed E-state index contributed by atoms with van der Waals surface area (Å²) in [7, 11) is 0. The number of phenols is 2. The molecule has 0 aliphatic carbocycles. The lowest BCUT2D eigenvalue weighted by molar-refractivity contribution is -0.384. The topological polar surface area (TPSA) is 108 Å². The maximum absolute atomic E-state index is 10.8. The van der Waals surface area contributed by atoms with Crippen molar-refractivity contribution in [2.45, 2.75) is 0 Å². The Hall–Kier alpha value is -3.48. The molecule has 3 aromatic rings. The third-order valence-corrected chi connectivity index (χ3v) is 3.24. The van der Waals surface area contributed by atoms with Crippen molar-refractivity contribution in [1.29, 1.82) is 0 Å². The van der Waals surface area contributed by atoms with Gasteiger partial charge in [-0.15, -0.1) is 5.11 Å². The summed E-state index contributed by atoms with van der Waals surface area (Å²) in [5.41, 5.74) is 0.0826. The maximum Gasteiger partial charge on any atom is 0.275 e. The van der Waals surface area contributed by atoms with Gasteiger partial charge >= 0.3 is 0 Å². The van der Waals surface area contributed by atoms with Crippen LogP contribution in [0, 0.1) is 10.1 Å². The van der Waals surface area contributed by atoms with Gasteiger partial charge in [0.2, 0.25) is 0 Å². The summed E-state index contributed by atoms with van der Waals surface area (Å²) in [6.07, 6.45) is 0. The Morgan fingerprint density at radius 2 is 1.74 bits per heavy atom. The van der Waals surface area contributed by atoms with Crippen molar-refractivity contribution in [3.05, 3.63) is 64.7 Å². The van der Waals surface area contributed by atoms with Crippen LogP contribution in [0.5, 0.6) is 11.5 Å². The van der Waals surface area contributed by atoms with Crippen LogP contribution in [0.25, 0.3) is 10.8 Å². The molecule has 0 unspecified atom stereocenters. The van der Waals surface area contributed by atoms with Gasteiger partial charge in [0.15, 0.2) is 0 Å². The fraction of sp³-hybridized carbons (Fsp3) is 0. The highest BCUT2D eigenvalue weighted by molar-refractivity contribution is 5.95. The molecule has 0 bridgehead atoms. The van der Waals surface area contributed by atoms with Gasteiger partial charge in [0.25, 0.3) is 5.69 Å². The quantitative estimate of drug-likeness (QED) is 0.419. The van der Waals surface area contributed by atoms with Crippen LogP contribution < -0.4 is 0 Å². The minimum atomic E-state index is -0.631. The zero-order valence-corrected chi connectivity index (χ0v) is 11.7. The number of rotatable bonds is 3. The van der Waals surface area contributed by atoms with E-state index in [9.17, 15) is 20.3 Å². The number of non-ortho nitro benzene ring substituents is 1. The summed E-state index contributed by atoms with van der Waals surface area (Å²) in [5, 5.41) is 39.7. The van der Waals surface area contributed by atoms with Gasteiger partial charge in [-0.2, -0.15) is 5.11 Å². The molecule has 0 aromatic heterocycles. The van der Waals surface area contributed by atoms with Crippen LogP contribution in [0.3, 0.4) is 0 Å². The monoisotopic (exact) mass is 309 g/mol. The smallest absolute Gasteiger partial charge is 0.275 e. The van der Waals surface area contributed by atoms with Gasteiger partial charge in [-0.3, -0.25) is 10.1 Å². The normalized spacial score (nSPS) is 11.1. The lowest BCUT2D eigenvalue weighted by Gasteiger charge is -2.03. The molecule has 0 aliphatic heterocycles. The second kappa shape index (κ2) is 5.72. The molecule has 3 rings (SSSR count). The predicted octanol–water partition coefficient (Wildman–Crippen LogP) is 4.57. The largest absolute Gasteiger partial charge is 0.508 e. The molecule has 0 atom stereocenters. The Labute approximate surface area is 130 Å². The average Bonchev–Trinajstić information content (AvgIpc) is 2.53. The summed E-state index contributed by atoms with van der Waals surface area (Å²) in [4.78, 5) is 10.2. The highest BCUT2D eigenvalue weighted by Gasteiger charge is 2.10. The van der Waals surface area contributed by atoms with Crippen molar-refractivity contribution in [3.8, 4) is 11.5 Å². The van der Waals surface area contributed by atoms with Crippen LogP contribution in [-0.4, -0.2) is 15.1 Å². The Kier molecular flexibility index (Phi) is 3.60. The van der Waals surface area contributed by atoms with Crippen molar-refractivity contribution in [3.63, 3.8) is 0 Å². The van der Waals surface area contributed by atoms with Crippen molar-refractivity contribution in [2.75, 3.05) is 0 Å². The summed E-state index contributed by atoms with van der Waals surface area (Å²) in [6.45, 7) is 0. The van der Waals surface area contributed by atoms with Gasteiger partial charge in [0.1, 0.15) is 17.2 Å². The van der Waals surface area contributed by atoms with Crippen molar-refractivity contribution < 1.29 is 15.1 Å². The Balaban J connectivity index is 2.07. The number of hydrogen-bond donors (Lipinski definition) is 2.